The highest BCUT2D eigenvalue weighted by Gasteiger charge is 2.33. The molecule has 1 N–H and O–H groups in total. The summed E-state index contributed by atoms with van der Waals surface area (Å²) in [6.45, 7) is 6.21. The molecule has 0 fully saturated rings. The summed E-state index contributed by atoms with van der Waals surface area (Å²) in [5.41, 5.74) is 2.85. The average Bonchev–Trinajstić information content (AvgIpc) is 3.40. The van der Waals surface area contributed by atoms with Gasteiger partial charge in [-0.25, -0.2) is 14.5 Å². The fraction of sp³-hybridized carbons (Fsp3) is 0.417. The minimum Gasteiger partial charge on any atom is -0.493 e. The molecular weight excluding hydrogens is 436 g/mol. The van der Waals surface area contributed by atoms with Gasteiger partial charge >= 0.3 is 0 Å². The summed E-state index contributed by atoms with van der Waals surface area (Å²) in [5.74, 6) is 1.66. The standard InChI is InChI=1S/C24H28N6O2S/c1-24(2,3)29(4)23(31)14-6-7-16-19(10-14)33-22-20(16)21(25-13-26-22)28-17-11-15-8-9-27-30(15)12-18(17)32-5/h8-9,11-14H,6-7,10H2,1-5H3,(H,25,26,28). The van der Waals surface area contributed by atoms with E-state index in [2.05, 4.69) is 41.2 Å². The Kier molecular flexibility index (Phi) is 5.23. The van der Waals surface area contributed by atoms with Crippen LogP contribution in [0.4, 0.5) is 11.5 Å². The molecule has 4 aromatic heterocycles. The van der Waals surface area contributed by atoms with E-state index < -0.39 is 0 Å². The van der Waals surface area contributed by atoms with Gasteiger partial charge in [-0.1, -0.05) is 0 Å². The number of pyridine rings is 1. The Morgan fingerprint density at radius 2 is 2.15 bits per heavy atom. The summed E-state index contributed by atoms with van der Waals surface area (Å²) < 4.78 is 7.36. The number of methoxy groups -OCH3 is 1. The van der Waals surface area contributed by atoms with Gasteiger partial charge in [-0.2, -0.15) is 5.10 Å². The maximum atomic E-state index is 13.1. The van der Waals surface area contributed by atoms with Gasteiger partial charge in [0.05, 0.1) is 29.9 Å². The van der Waals surface area contributed by atoms with Gasteiger partial charge in [-0.05, 0) is 57.7 Å². The smallest absolute Gasteiger partial charge is 0.226 e. The van der Waals surface area contributed by atoms with Crippen molar-refractivity contribution in [2.45, 2.75) is 45.6 Å². The second kappa shape index (κ2) is 7.98. The number of carbonyl (C=O) groups is 1. The molecule has 1 atom stereocenters. The second-order valence-electron chi connectivity index (χ2n) is 9.50. The first kappa shape index (κ1) is 21.6. The molecule has 1 unspecified atom stereocenters. The van der Waals surface area contributed by atoms with Crippen LogP contribution in [0.2, 0.25) is 0 Å². The number of hydrogen-bond acceptors (Lipinski definition) is 7. The van der Waals surface area contributed by atoms with Gasteiger partial charge in [-0.3, -0.25) is 4.79 Å². The normalized spacial score (nSPS) is 16.1. The molecule has 0 aliphatic heterocycles. The van der Waals surface area contributed by atoms with E-state index in [9.17, 15) is 4.79 Å². The van der Waals surface area contributed by atoms with E-state index in [-0.39, 0.29) is 17.4 Å². The van der Waals surface area contributed by atoms with E-state index in [1.807, 2.05) is 30.3 Å². The maximum absolute atomic E-state index is 13.1. The summed E-state index contributed by atoms with van der Waals surface area (Å²) in [5, 5.41) is 8.79. The van der Waals surface area contributed by atoms with Crippen LogP contribution in [0.1, 0.15) is 37.6 Å². The monoisotopic (exact) mass is 464 g/mol. The number of carbonyl (C=O) groups excluding carboxylic acids is 1. The summed E-state index contributed by atoms with van der Waals surface area (Å²) in [6, 6.07) is 3.94. The van der Waals surface area contributed by atoms with Crippen LogP contribution in [0.25, 0.3) is 15.7 Å². The molecule has 1 amide bonds. The molecule has 5 rings (SSSR count). The van der Waals surface area contributed by atoms with Crippen LogP contribution in [0, 0.1) is 5.92 Å². The summed E-state index contributed by atoms with van der Waals surface area (Å²) >= 11 is 1.67. The van der Waals surface area contributed by atoms with Crippen LogP contribution in [0.15, 0.2) is 30.9 Å². The third-order valence-corrected chi connectivity index (χ3v) is 7.66. The van der Waals surface area contributed by atoms with Gasteiger partial charge in [0.25, 0.3) is 0 Å². The van der Waals surface area contributed by atoms with Crippen molar-refractivity contribution in [3.63, 3.8) is 0 Å². The molecule has 8 nitrogen and oxygen atoms in total. The van der Waals surface area contributed by atoms with Crippen molar-refractivity contribution < 1.29 is 9.53 Å². The molecule has 0 aromatic carbocycles. The minimum absolute atomic E-state index is 0.00326. The minimum atomic E-state index is -0.185. The number of rotatable bonds is 4. The van der Waals surface area contributed by atoms with Crippen molar-refractivity contribution >= 4 is 44.5 Å². The van der Waals surface area contributed by atoms with Crippen molar-refractivity contribution in [2.75, 3.05) is 19.5 Å². The van der Waals surface area contributed by atoms with Crippen LogP contribution in [0.5, 0.6) is 5.75 Å². The highest BCUT2D eigenvalue weighted by molar-refractivity contribution is 7.19. The summed E-state index contributed by atoms with van der Waals surface area (Å²) in [6.07, 6.45) is 7.61. The zero-order chi connectivity index (χ0) is 23.3. The van der Waals surface area contributed by atoms with E-state index >= 15 is 0 Å². The number of anilines is 2. The Hall–Kier alpha value is -3.20. The number of ether oxygens (including phenoxy) is 1. The third kappa shape index (κ3) is 3.80. The van der Waals surface area contributed by atoms with Gasteiger partial charge in [0, 0.05) is 29.6 Å². The molecule has 33 heavy (non-hydrogen) atoms. The van der Waals surface area contributed by atoms with Crippen LogP contribution >= 0.6 is 11.3 Å². The first-order chi connectivity index (χ1) is 15.8. The Labute approximate surface area is 196 Å². The number of nitrogens with zero attached hydrogens (tertiary/aromatic N) is 5. The number of aryl methyl sites for hydroxylation is 1. The number of fused-ring (bicyclic) bond motifs is 4. The van der Waals surface area contributed by atoms with Crippen LogP contribution < -0.4 is 10.1 Å². The van der Waals surface area contributed by atoms with Crippen LogP contribution in [-0.2, 0) is 17.6 Å². The Balaban J connectivity index is 1.49. The molecule has 0 bridgehead atoms. The van der Waals surface area contributed by atoms with Gasteiger partial charge < -0.3 is 15.0 Å². The highest BCUT2D eigenvalue weighted by atomic mass is 32.1. The third-order valence-electron chi connectivity index (χ3n) is 6.50. The van der Waals surface area contributed by atoms with Gasteiger partial charge in [0.1, 0.15) is 17.0 Å². The first-order valence-electron chi connectivity index (χ1n) is 11.1. The zero-order valence-electron chi connectivity index (χ0n) is 19.5. The fourth-order valence-electron chi connectivity index (χ4n) is 4.35. The molecule has 1 aliphatic rings. The Bertz CT molecular complexity index is 1350. The first-order valence-corrected chi connectivity index (χ1v) is 11.9. The topological polar surface area (TPSA) is 84.6 Å². The van der Waals surface area contributed by atoms with Crippen LogP contribution in [0.3, 0.4) is 0 Å². The number of thiophene rings is 1. The Morgan fingerprint density at radius 1 is 1.33 bits per heavy atom. The van der Waals surface area contributed by atoms with E-state index in [4.69, 9.17) is 4.74 Å². The zero-order valence-corrected chi connectivity index (χ0v) is 20.4. The van der Waals surface area contributed by atoms with Gasteiger partial charge in [0.15, 0.2) is 5.75 Å². The van der Waals surface area contributed by atoms with Crippen molar-refractivity contribution in [2.24, 2.45) is 5.92 Å². The molecule has 4 aromatic rings. The molecular formula is C24H28N6O2S. The van der Waals surface area contributed by atoms with E-state index in [1.54, 1.807) is 35.5 Å². The lowest BCUT2D eigenvalue weighted by molar-refractivity contribution is -0.138. The van der Waals surface area contributed by atoms with E-state index in [0.717, 1.165) is 46.5 Å². The van der Waals surface area contributed by atoms with Gasteiger partial charge in [0.2, 0.25) is 5.91 Å². The highest BCUT2D eigenvalue weighted by Crippen LogP contribution is 2.41. The summed E-state index contributed by atoms with van der Waals surface area (Å²) in [4.78, 5) is 26.3. The van der Waals surface area contributed by atoms with Crippen molar-refractivity contribution in [1.29, 1.82) is 0 Å². The summed E-state index contributed by atoms with van der Waals surface area (Å²) in [7, 11) is 3.55. The SMILES string of the molecule is COc1cn2nccc2cc1Nc1ncnc2sc3c(c12)CCC(C(=O)N(C)C(C)(C)C)C3. The van der Waals surface area contributed by atoms with Crippen molar-refractivity contribution in [3.05, 3.63) is 41.3 Å². The lowest BCUT2D eigenvalue weighted by atomic mass is 9.86. The largest absolute Gasteiger partial charge is 0.493 e. The molecule has 9 heteroatoms. The van der Waals surface area contributed by atoms with Crippen LogP contribution in [-0.4, -0.2) is 50.1 Å². The lowest BCUT2D eigenvalue weighted by Crippen LogP contribution is -2.46. The second-order valence-corrected chi connectivity index (χ2v) is 10.6. The number of hydrogen-bond donors (Lipinski definition) is 1. The molecule has 0 saturated heterocycles. The predicted octanol–water partition coefficient (Wildman–Crippen LogP) is 4.45. The molecule has 0 saturated carbocycles. The maximum Gasteiger partial charge on any atom is 0.226 e. The van der Waals surface area contributed by atoms with Gasteiger partial charge in [-0.15, -0.1) is 11.3 Å². The number of aromatic nitrogens is 4. The average molecular weight is 465 g/mol. The lowest BCUT2D eigenvalue weighted by Gasteiger charge is -2.35. The molecule has 4 heterocycles. The number of amides is 1. The molecule has 1 aliphatic carbocycles. The predicted molar refractivity (Wildman–Crippen MR) is 130 cm³/mol. The molecule has 0 radical (unpaired) electrons. The fourth-order valence-corrected chi connectivity index (χ4v) is 5.62. The molecule has 172 valence electrons. The number of nitrogens with one attached hydrogen (secondary N) is 1. The van der Waals surface area contributed by atoms with Crippen molar-refractivity contribution in [1.82, 2.24) is 24.5 Å². The quantitative estimate of drug-likeness (QED) is 0.480. The van der Waals surface area contributed by atoms with Crippen molar-refractivity contribution in [3.8, 4) is 5.75 Å². The Morgan fingerprint density at radius 3 is 2.91 bits per heavy atom. The molecule has 0 spiro atoms. The van der Waals surface area contributed by atoms with E-state index in [1.165, 1.54) is 10.4 Å². The van der Waals surface area contributed by atoms with E-state index in [0.29, 0.717) is 5.75 Å².